The van der Waals surface area contributed by atoms with Gasteiger partial charge in [0.2, 0.25) is 11.8 Å². The molecule has 162 valence electrons. The number of esters is 1. The smallest absolute Gasteiger partial charge is 0.305 e. The first-order valence-electron chi connectivity index (χ1n) is 10.2. The van der Waals surface area contributed by atoms with Crippen LogP contribution in [0.2, 0.25) is 0 Å². The quantitative estimate of drug-likeness (QED) is 0.0909. The molecule has 9 heteroatoms. The minimum absolute atomic E-state index is 0. The van der Waals surface area contributed by atoms with Gasteiger partial charge in [-0.2, -0.15) is 0 Å². The number of likely N-dealkylation sites (tertiary alicyclic amines) is 1. The Morgan fingerprint density at radius 3 is 2.41 bits per heavy atom. The van der Waals surface area contributed by atoms with Crippen LogP contribution in [0.5, 0.6) is 0 Å². The van der Waals surface area contributed by atoms with Crippen LogP contribution in [0.4, 0.5) is 0 Å². The van der Waals surface area contributed by atoms with Crippen LogP contribution in [0.15, 0.2) is 17.1 Å². The fraction of sp³-hybridized carbons (Fsp3) is 0.700. The van der Waals surface area contributed by atoms with Crippen molar-refractivity contribution in [2.45, 2.75) is 32.6 Å². The van der Waals surface area contributed by atoms with E-state index in [2.05, 4.69) is 32.5 Å². The molecule has 2 N–H and O–H groups in total. The number of carbonyl (C=O) groups is 3. The Morgan fingerprint density at radius 2 is 1.83 bits per heavy atom. The minimum Gasteiger partial charge on any atom is -0.469 e. The third-order valence-electron chi connectivity index (χ3n) is 5.82. The molecule has 4 atom stereocenters. The van der Waals surface area contributed by atoms with Gasteiger partial charge in [0.15, 0.2) is 5.96 Å². The highest BCUT2D eigenvalue weighted by molar-refractivity contribution is 14.0. The fourth-order valence-electron chi connectivity index (χ4n) is 4.49. The normalized spacial score (nSPS) is 27.1. The van der Waals surface area contributed by atoms with E-state index in [1.165, 1.54) is 12.0 Å². The van der Waals surface area contributed by atoms with Crippen molar-refractivity contribution >= 4 is 47.7 Å². The van der Waals surface area contributed by atoms with Gasteiger partial charge >= 0.3 is 5.97 Å². The Morgan fingerprint density at radius 1 is 1.17 bits per heavy atom. The molecule has 2 bridgehead atoms. The number of hydrogen-bond donors (Lipinski definition) is 2. The highest BCUT2D eigenvalue weighted by Gasteiger charge is 2.58. The number of rotatable bonds is 9. The second-order valence-corrected chi connectivity index (χ2v) is 7.55. The lowest BCUT2D eigenvalue weighted by molar-refractivity contribution is -0.141. The van der Waals surface area contributed by atoms with Crippen molar-refractivity contribution < 1.29 is 19.1 Å². The number of amides is 2. The number of halogens is 1. The van der Waals surface area contributed by atoms with E-state index in [1.807, 2.05) is 6.92 Å². The van der Waals surface area contributed by atoms with E-state index < -0.39 is 0 Å². The number of ether oxygens (including phenoxy) is 1. The number of aliphatic imine (C=N–C) groups is 1. The molecule has 2 aliphatic carbocycles. The zero-order valence-corrected chi connectivity index (χ0v) is 19.4. The molecule has 0 aromatic heterocycles. The number of imide groups is 1. The molecule has 0 aromatic rings. The summed E-state index contributed by atoms with van der Waals surface area (Å²) in [5.74, 6) is 0.626. The predicted molar refractivity (Wildman–Crippen MR) is 120 cm³/mol. The molecule has 1 saturated carbocycles. The van der Waals surface area contributed by atoms with Crippen LogP contribution in [-0.2, 0) is 19.1 Å². The van der Waals surface area contributed by atoms with Crippen LogP contribution in [-0.4, -0.2) is 61.9 Å². The van der Waals surface area contributed by atoms with Crippen molar-refractivity contribution in [3.05, 3.63) is 12.2 Å². The first-order valence-corrected chi connectivity index (χ1v) is 10.2. The van der Waals surface area contributed by atoms with Crippen molar-refractivity contribution in [2.75, 3.05) is 33.3 Å². The van der Waals surface area contributed by atoms with Crippen LogP contribution >= 0.6 is 24.0 Å². The van der Waals surface area contributed by atoms with E-state index in [9.17, 15) is 14.4 Å². The summed E-state index contributed by atoms with van der Waals surface area (Å²) in [4.78, 5) is 42.3. The first-order chi connectivity index (χ1) is 13.6. The van der Waals surface area contributed by atoms with Gasteiger partial charge in [-0.05, 0) is 38.0 Å². The zero-order valence-electron chi connectivity index (χ0n) is 17.1. The highest BCUT2D eigenvalue weighted by Crippen LogP contribution is 2.52. The number of allylic oxidation sites excluding steroid dienone is 2. The maximum absolute atomic E-state index is 12.7. The number of nitrogens with zero attached hydrogens (tertiary/aromatic N) is 2. The van der Waals surface area contributed by atoms with Gasteiger partial charge in [-0.25, -0.2) is 0 Å². The second-order valence-electron chi connectivity index (χ2n) is 7.55. The second kappa shape index (κ2) is 10.9. The van der Waals surface area contributed by atoms with Crippen molar-refractivity contribution in [1.29, 1.82) is 0 Å². The molecule has 1 saturated heterocycles. The molecule has 2 fully saturated rings. The van der Waals surface area contributed by atoms with Crippen molar-refractivity contribution in [2.24, 2.45) is 28.7 Å². The summed E-state index contributed by atoms with van der Waals surface area (Å²) >= 11 is 0. The number of nitrogens with one attached hydrogen (secondary N) is 2. The van der Waals surface area contributed by atoms with E-state index in [1.54, 1.807) is 0 Å². The van der Waals surface area contributed by atoms with Crippen LogP contribution in [0, 0.1) is 23.7 Å². The average molecular weight is 518 g/mol. The summed E-state index contributed by atoms with van der Waals surface area (Å²) in [5.41, 5.74) is 0. The molecule has 29 heavy (non-hydrogen) atoms. The predicted octanol–water partition coefficient (Wildman–Crippen LogP) is 1.31. The number of hydrogen-bond acceptors (Lipinski definition) is 5. The molecule has 8 nitrogen and oxygen atoms in total. The SMILES string of the molecule is CCNC(=NCCCCC(=O)OC)NCCN1C(=O)C2C3C=CC(C3)C2C1=O.I. The highest BCUT2D eigenvalue weighted by atomic mass is 127. The Balaban J connectivity index is 0.00000300. The Hall–Kier alpha value is -1.65. The van der Waals surface area contributed by atoms with Gasteiger partial charge in [-0.1, -0.05) is 12.2 Å². The van der Waals surface area contributed by atoms with Gasteiger partial charge in [0.05, 0.1) is 18.9 Å². The number of carbonyl (C=O) groups excluding carboxylic acids is 3. The molecule has 1 heterocycles. The number of methoxy groups -OCH3 is 1. The van der Waals surface area contributed by atoms with Gasteiger partial charge in [-0.3, -0.25) is 24.3 Å². The van der Waals surface area contributed by atoms with E-state index >= 15 is 0 Å². The van der Waals surface area contributed by atoms with Gasteiger partial charge < -0.3 is 15.4 Å². The standard InChI is InChI=1S/C20H30N4O4.HI/c1-3-21-20(22-9-5-4-6-15(25)28-2)23-10-11-24-18(26)16-13-7-8-14(12-13)17(16)19(24)27;/h7-8,13-14,16-17H,3-6,9-12H2,1-2H3,(H2,21,22,23);1H. The molecule has 3 rings (SSSR count). The summed E-state index contributed by atoms with van der Waals surface area (Å²) in [7, 11) is 1.39. The first kappa shape index (κ1) is 23.6. The van der Waals surface area contributed by atoms with Crippen LogP contribution in [0.1, 0.15) is 32.6 Å². The van der Waals surface area contributed by atoms with E-state index in [0.29, 0.717) is 32.0 Å². The maximum Gasteiger partial charge on any atom is 0.305 e. The molecule has 4 unspecified atom stereocenters. The lowest BCUT2D eigenvalue weighted by Gasteiger charge is -2.18. The average Bonchev–Trinajstić information content (AvgIpc) is 3.36. The summed E-state index contributed by atoms with van der Waals surface area (Å²) in [5, 5.41) is 6.34. The summed E-state index contributed by atoms with van der Waals surface area (Å²) in [6.07, 6.45) is 7.07. The van der Waals surface area contributed by atoms with Crippen molar-refractivity contribution in [3.8, 4) is 0 Å². The Bertz CT molecular complexity index is 651. The third kappa shape index (κ3) is 5.29. The van der Waals surface area contributed by atoms with Gasteiger partial charge in [0, 0.05) is 32.6 Å². The Kier molecular flexibility index (Phi) is 8.91. The largest absolute Gasteiger partial charge is 0.469 e. The molecular formula is C20H31IN4O4. The van der Waals surface area contributed by atoms with Gasteiger partial charge in [-0.15, -0.1) is 24.0 Å². The van der Waals surface area contributed by atoms with Crippen molar-refractivity contribution in [1.82, 2.24) is 15.5 Å². The molecule has 1 aliphatic heterocycles. The molecule has 3 aliphatic rings. The molecule has 2 amide bonds. The van der Waals surface area contributed by atoms with Crippen LogP contribution in [0.25, 0.3) is 0 Å². The summed E-state index contributed by atoms with van der Waals surface area (Å²) in [6, 6.07) is 0. The summed E-state index contributed by atoms with van der Waals surface area (Å²) in [6.45, 7) is 4.11. The number of fused-ring (bicyclic) bond motifs is 5. The maximum atomic E-state index is 12.7. The molecule has 0 aromatic carbocycles. The van der Waals surface area contributed by atoms with Gasteiger partial charge in [0.1, 0.15) is 0 Å². The van der Waals surface area contributed by atoms with Gasteiger partial charge in [0.25, 0.3) is 0 Å². The monoisotopic (exact) mass is 518 g/mol. The van der Waals surface area contributed by atoms with E-state index in [-0.39, 0.29) is 65.4 Å². The number of unbranched alkanes of at least 4 members (excludes halogenated alkanes) is 1. The molecular weight excluding hydrogens is 487 g/mol. The Labute approximate surface area is 188 Å². The third-order valence-corrected chi connectivity index (χ3v) is 5.82. The van der Waals surface area contributed by atoms with E-state index in [4.69, 9.17) is 0 Å². The van der Waals surface area contributed by atoms with Crippen molar-refractivity contribution in [3.63, 3.8) is 0 Å². The molecule has 0 spiro atoms. The lowest BCUT2D eigenvalue weighted by Crippen LogP contribution is -2.43. The fourth-order valence-corrected chi connectivity index (χ4v) is 4.49. The molecule has 0 radical (unpaired) electrons. The minimum atomic E-state index is -0.206. The lowest BCUT2D eigenvalue weighted by atomic mass is 9.85. The number of guanidine groups is 1. The zero-order chi connectivity index (χ0) is 20.1. The van der Waals surface area contributed by atoms with E-state index in [0.717, 1.165) is 25.8 Å². The van der Waals surface area contributed by atoms with Crippen LogP contribution in [0.3, 0.4) is 0 Å². The topological polar surface area (TPSA) is 100 Å². The van der Waals surface area contributed by atoms with Crippen LogP contribution < -0.4 is 10.6 Å². The summed E-state index contributed by atoms with van der Waals surface area (Å²) < 4.78 is 4.62.